The molecule has 20 heavy (non-hydrogen) atoms. The van der Waals surface area contributed by atoms with Gasteiger partial charge in [-0.1, -0.05) is 12.2 Å². The normalized spacial score (nSPS) is 22.6. The summed E-state index contributed by atoms with van der Waals surface area (Å²) in [6.07, 6.45) is 0. The first-order valence-corrected chi connectivity index (χ1v) is 8.54. The lowest BCUT2D eigenvalue weighted by molar-refractivity contribution is 0.215. The van der Waals surface area contributed by atoms with Crippen molar-refractivity contribution >= 4 is 27.0 Å². The molecule has 0 radical (unpaired) electrons. The number of benzene rings is 1. The molecule has 7 heteroatoms. The smallest absolute Gasteiger partial charge is 0.153 e. The van der Waals surface area contributed by atoms with Crippen LogP contribution in [0.3, 0.4) is 0 Å². The van der Waals surface area contributed by atoms with Crippen LogP contribution in [0.15, 0.2) is 18.2 Å². The summed E-state index contributed by atoms with van der Waals surface area (Å²) in [5.41, 5.74) is 6.65. The summed E-state index contributed by atoms with van der Waals surface area (Å²) in [4.78, 5) is 2.18. The second kappa shape index (κ2) is 5.75. The third-order valence-corrected chi connectivity index (χ3v) is 5.54. The molecule has 4 nitrogen and oxygen atoms in total. The Hall–Kier alpha value is -1.05. The second-order valence-corrected chi connectivity index (χ2v) is 7.77. The molecule has 1 saturated heterocycles. The molecule has 1 unspecified atom stereocenters. The molecule has 1 aromatic rings. The summed E-state index contributed by atoms with van der Waals surface area (Å²) < 4.78 is 36.9. The molecular weight excluding hydrogens is 299 g/mol. The summed E-state index contributed by atoms with van der Waals surface area (Å²) in [5.74, 6) is -0.0944. The zero-order chi connectivity index (χ0) is 14.9. The number of rotatable bonds is 3. The fourth-order valence-electron chi connectivity index (χ4n) is 2.34. The third kappa shape index (κ3) is 3.53. The zero-order valence-electron chi connectivity index (χ0n) is 11.2. The third-order valence-electron chi connectivity index (χ3n) is 3.51. The summed E-state index contributed by atoms with van der Waals surface area (Å²) in [6.45, 7) is 2.62. The Bertz CT molecular complexity index is 631. The fourth-order valence-corrected chi connectivity index (χ4v) is 4.09. The predicted molar refractivity (Wildman–Crippen MR) is 80.8 cm³/mol. The van der Waals surface area contributed by atoms with Gasteiger partial charge in [-0.2, -0.15) is 0 Å². The van der Waals surface area contributed by atoms with Crippen molar-refractivity contribution in [2.75, 3.05) is 18.1 Å². The number of hydrogen-bond acceptors (Lipinski definition) is 4. The summed E-state index contributed by atoms with van der Waals surface area (Å²) in [6, 6.07) is 4.40. The van der Waals surface area contributed by atoms with Crippen LogP contribution >= 0.6 is 12.2 Å². The molecule has 2 rings (SSSR count). The van der Waals surface area contributed by atoms with Crippen LogP contribution in [-0.4, -0.2) is 42.4 Å². The second-order valence-electron chi connectivity index (χ2n) is 5.10. The maximum atomic E-state index is 13.8. The predicted octanol–water partition coefficient (Wildman–Crippen LogP) is 1.08. The Morgan fingerprint density at radius 3 is 2.85 bits per heavy atom. The highest BCUT2D eigenvalue weighted by molar-refractivity contribution is 7.91. The average molecular weight is 316 g/mol. The molecule has 1 atom stereocenters. The molecule has 0 saturated carbocycles. The maximum absolute atomic E-state index is 13.8. The van der Waals surface area contributed by atoms with Crippen molar-refractivity contribution in [3.63, 3.8) is 0 Å². The molecule has 1 aliphatic rings. The number of nitrogens with two attached hydrogens (primary N) is 1. The average Bonchev–Trinajstić information content (AvgIpc) is 2.34. The van der Waals surface area contributed by atoms with E-state index in [1.54, 1.807) is 12.1 Å². The van der Waals surface area contributed by atoms with E-state index in [1.165, 1.54) is 6.07 Å². The molecular formula is C13H17FN2O2S2. The molecule has 110 valence electrons. The van der Waals surface area contributed by atoms with Crippen molar-refractivity contribution < 1.29 is 12.8 Å². The van der Waals surface area contributed by atoms with E-state index < -0.39 is 9.84 Å². The zero-order valence-corrected chi connectivity index (χ0v) is 12.8. The first kappa shape index (κ1) is 15.3. The van der Waals surface area contributed by atoms with E-state index in [0.29, 0.717) is 24.2 Å². The van der Waals surface area contributed by atoms with Crippen LogP contribution in [0.1, 0.15) is 18.1 Å². The van der Waals surface area contributed by atoms with Gasteiger partial charge < -0.3 is 5.73 Å². The van der Waals surface area contributed by atoms with Crippen LogP contribution in [0.2, 0.25) is 0 Å². The van der Waals surface area contributed by atoms with E-state index in [9.17, 15) is 12.8 Å². The minimum absolute atomic E-state index is 0.115. The molecule has 1 aromatic carbocycles. The van der Waals surface area contributed by atoms with E-state index in [0.717, 1.165) is 0 Å². The summed E-state index contributed by atoms with van der Waals surface area (Å²) in [5, 5.41) is 0. The fraction of sp³-hybridized carbons (Fsp3) is 0.462. The lowest BCUT2D eigenvalue weighted by Gasteiger charge is -2.33. The van der Waals surface area contributed by atoms with Gasteiger partial charge in [0.15, 0.2) is 9.84 Å². The van der Waals surface area contributed by atoms with Gasteiger partial charge in [-0.05, 0) is 25.1 Å². The highest BCUT2D eigenvalue weighted by Crippen LogP contribution is 2.18. The number of halogens is 1. The molecule has 2 N–H and O–H groups in total. The monoisotopic (exact) mass is 316 g/mol. The minimum atomic E-state index is -2.97. The van der Waals surface area contributed by atoms with Gasteiger partial charge in [-0.3, -0.25) is 4.90 Å². The van der Waals surface area contributed by atoms with Crippen molar-refractivity contribution in [2.24, 2.45) is 5.73 Å². The topological polar surface area (TPSA) is 63.4 Å². The molecule has 0 aliphatic carbocycles. The number of thiocarbonyl (C=S) groups is 1. The van der Waals surface area contributed by atoms with Crippen molar-refractivity contribution in [3.05, 3.63) is 35.1 Å². The van der Waals surface area contributed by atoms with Crippen molar-refractivity contribution in [1.82, 2.24) is 4.90 Å². The molecule has 0 aromatic heterocycles. The Balaban J connectivity index is 2.18. The minimum Gasteiger partial charge on any atom is -0.389 e. The van der Waals surface area contributed by atoms with Crippen LogP contribution in [0, 0.1) is 5.82 Å². The van der Waals surface area contributed by atoms with Gasteiger partial charge in [0.05, 0.1) is 11.5 Å². The van der Waals surface area contributed by atoms with Gasteiger partial charge >= 0.3 is 0 Å². The number of sulfone groups is 1. The largest absolute Gasteiger partial charge is 0.389 e. The van der Waals surface area contributed by atoms with E-state index in [1.807, 2.05) is 11.8 Å². The van der Waals surface area contributed by atoms with E-state index in [4.69, 9.17) is 18.0 Å². The van der Waals surface area contributed by atoms with Crippen LogP contribution in [-0.2, 0) is 16.4 Å². The van der Waals surface area contributed by atoms with Crippen molar-refractivity contribution in [3.8, 4) is 0 Å². The van der Waals surface area contributed by atoms with E-state index in [-0.39, 0.29) is 28.4 Å². The number of hydrogen-bond donors (Lipinski definition) is 1. The van der Waals surface area contributed by atoms with Crippen molar-refractivity contribution in [2.45, 2.75) is 19.5 Å². The van der Waals surface area contributed by atoms with Gasteiger partial charge in [-0.15, -0.1) is 0 Å². The molecule has 1 heterocycles. The Kier molecular flexibility index (Phi) is 4.41. The van der Waals surface area contributed by atoms with Crippen LogP contribution in [0.5, 0.6) is 0 Å². The molecule has 1 aliphatic heterocycles. The highest BCUT2D eigenvalue weighted by Gasteiger charge is 2.28. The highest BCUT2D eigenvalue weighted by atomic mass is 32.2. The van der Waals surface area contributed by atoms with Crippen molar-refractivity contribution in [1.29, 1.82) is 0 Å². The van der Waals surface area contributed by atoms with Gasteiger partial charge in [0.1, 0.15) is 10.8 Å². The first-order chi connectivity index (χ1) is 9.28. The van der Waals surface area contributed by atoms with Crippen LogP contribution in [0.4, 0.5) is 4.39 Å². The van der Waals surface area contributed by atoms with Gasteiger partial charge in [-0.25, -0.2) is 12.8 Å². The first-order valence-electron chi connectivity index (χ1n) is 6.31. The summed E-state index contributed by atoms with van der Waals surface area (Å²) >= 11 is 4.88. The molecule has 0 bridgehead atoms. The molecule has 0 amide bonds. The Morgan fingerprint density at radius 2 is 2.25 bits per heavy atom. The van der Waals surface area contributed by atoms with E-state index in [2.05, 4.69) is 0 Å². The Morgan fingerprint density at radius 1 is 1.55 bits per heavy atom. The Labute approximate surface area is 123 Å². The standard InChI is InChI=1S/C13H17FN2O2S2/c1-9-8-20(17,18)5-4-16(9)7-11-6-10(13(15)19)2-3-12(11)14/h2-3,6,9H,4-5,7-8H2,1H3,(H2,15,19). The maximum Gasteiger partial charge on any atom is 0.153 e. The molecule has 0 spiro atoms. The summed E-state index contributed by atoms with van der Waals surface area (Å²) in [7, 11) is -2.97. The van der Waals surface area contributed by atoms with Gasteiger partial charge in [0.2, 0.25) is 0 Å². The SMILES string of the molecule is CC1CS(=O)(=O)CCN1Cc1cc(C(N)=S)ccc1F. The van der Waals surface area contributed by atoms with Gasteiger partial charge in [0.25, 0.3) is 0 Å². The van der Waals surface area contributed by atoms with Gasteiger partial charge in [0, 0.05) is 30.3 Å². The van der Waals surface area contributed by atoms with Crippen LogP contribution in [0.25, 0.3) is 0 Å². The lowest BCUT2D eigenvalue weighted by atomic mass is 10.1. The van der Waals surface area contributed by atoms with Crippen LogP contribution < -0.4 is 5.73 Å². The lowest BCUT2D eigenvalue weighted by Crippen LogP contribution is -2.46. The van der Waals surface area contributed by atoms with E-state index >= 15 is 0 Å². The number of nitrogens with zero attached hydrogens (tertiary/aromatic N) is 1. The quantitative estimate of drug-likeness (QED) is 0.846. The molecule has 1 fully saturated rings.